The van der Waals surface area contributed by atoms with Gasteiger partial charge in [-0.15, -0.1) is 0 Å². The highest BCUT2D eigenvalue weighted by Gasteiger charge is 2.25. The van der Waals surface area contributed by atoms with Crippen LogP contribution in [0.4, 0.5) is 5.82 Å². The fourth-order valence-electron chi connectivity index (χ4n) is 4.28. The Morgan fingerprint density at radius 3 is 2.53 bits per heavy atom. The van der Waals surface area contributed by atoms with Crippen molar-refractivity contribution in [2.24, 2.45) is 5.92 Å². The summed E-state index contributed by atoms with van der Waals surface area (Å²) in [6, 6.07) is 7.26. The lowest BCUT2D eigenvalue weighted by Gasteiger charge is -2.31. The lowest BCUT2D eigenvalue weighted by atomic mass is 9.93. The van der Waals surface area contributed by atoms with Crippen molar-refractivity contribution in [1.29, 1.82) is 5.26 Å². The van der Waals surface area contributed by atoms with Gasteiger partial charge in [0, 0.05) is 25.2 Å². The minimum absolute atomic E-state index is 0.0680. The molecule has 7 nitrogen and oxygen atoms in total. The van der Waals surface area contributed by atoms with Gasteiger partial charge in [0.05, 0.1) is 29.1 Å². The SMILES string of the molecule is CC1CCN(c2cnc(C(=O)N[C@H]3CC[C@H](Oc4ccc(C#N)c(Cl)c4)CC3)cn2)CC1. The fraction of sp³-hybridized carbons (Fsp3) is 0.500. The van der Waals surface area contributed by atoms with Gasteiger partial charge in [-0.05, 0) is 56.6 Å². The molecule has 2 aliphatic rings. The minimum atomic E-state index is -0.181. The van der Waals surface area contributed by atoms with Crippen LogP contribution in [0.15, 0.2) is 30.6 Å². The van der Waals surface area contributed by atoms with Crippen molar-refractivity contribution < 1.29 is 9.53 Å². The molecule has 1 saturated carbocycles. The summed E-state index contributed by atoms with van der Waals surface area (Å²) in [5, 5.41) is 12.5. The molecule has 0 unspecified atom stereocenters. The summed E-state index contributed by atoms with van der Waals surface area (Å²) in [5.74, 6) is 2.08. The molecule has 1 aliphatic carbocycles. The third-order valence-electron chi connectivity index (χ3n) is 6.35. The van der Waals surface area contributed by atoms with Crippen LogP contribution in [-0.4, -0.2) is 41.1 Å². The normalized spacial score (nSPS) is 21.6. The van der Waals surface area contributed by atoms with Gasteiger partial charge in [0.2, 0.25) is 0 Å². The molecule has 32 heavy (non-hydrogen) atoms. The summed E-state index contributed by atoms with van der Waals surface area (Å²) in [5.41, 5.74) is 0.789. The fourth-order valence-corrected chi connectivity index (χ4v) is 4.49. The number of rotatable bonds is 5. The summed E-state index contributed by atoms with van der Waals surface area (Å²) in [6.45, 7) is 4.25. The lowest BCUT2D eigenvalue weighted by molar-refractivity contribution is 0.0888. The minimum Gasteiger partial charge on any atom is -0.490 e. The van der Waals surface area contributed by atoms with Crippen molar-refractivity contribution in [2.75, 3.05) is 18.0 Å². The highest BCUT2D eigenvalue weighted by atomic mass is 35.5. The van der Waals surface area contributed by atoms with E-state index in [9.17, 15) is 4.79 Å². The van der Waals surface area contributed by atoms with Crippen LogP contribution in [-0.2, 0) is 0 Å². The number of hydrogen-bond donors (Lipinski definition) is 1. The van der Waals surface area contributed by atoms with Crippen molar-refractivity contribution in [1.82, 2.24) is 15.3 Å². The standard InChI is InChI=1S/C24H28ClN5O2/c1-16-8-10-30(11-9-16)23-15-27-22(14-28-23)24(31)29-18-3-6-19(7-4-18)32-20-5-2-17(13-26)21(25)12-20/h2,5,12,14-16,18-19H,3-4,6-11H2,1H3,(H,29,31)/t18-,19-. The molecule has 1 saturated heterocycles. The van der Waals surface area contributed by atoms with Gasteiger partial charge < -0.3 is 15.0 Å². The van der Waals surface area contributed by atoms with Gasteiger partial charge in [0.25, 0.3) is 5.91 Å². The first-order valence-electron chi connectivity index (χ1n) is 11.3. The van der Waals surface area contributed by atoms with Crippen LogP contribution in [0.5, 0.6) is 5.75 Å². The number of anilines is 1. The number of ether oxygens (including phenoxy) is 1. The largest absolute Gasteiger partial charge is 0.490 e. The summed E-state index contributed by atoms with van der Waals surface area (Å²) in [6.07, 6.45) is 9.00. The predicted molar refractivity (Wildman–Crippen MR) is 123 cm³/mol. The van der Waals surface area contributed by atoms with Crippen LogP contribution in [0.1, 0.15) is 61.5 Å². The van der Waals surface area contributed by atoms with E-state index in [-0.39, 0.29) is 18.1 Å². The Morgan fingerprint density at radius 2 is 1.91 bits per heavy atom. The topological polar surface area (TPSA) is 91.1 Å². The maximum Gasteiger partial charge on any atom is 0.271 e. The molecule has 1 N–H and O–H groups in total. The van der Waals surface area contributed by atoms with E-state index in [4.69, 9.17) is 21.6 Å². The third-order valence-corrected chi connectivity index (χ3v) is 6.66. The Morgan fingerprint density at radius 1 is 1.16 bits per heavy atom. The number of nitriles is 1. The number of aromatic nitrogens is 2. The summed E-state index contributed by atoms with van der Waals surface area (Å²) < 4.78 is 6.02. The Labute approximate surface area is 193 Å². The van der Waals surface area contributed by atoms with E-state index in [0.29, 0.717) is 22.0 Å². The second-order valence-corrected chi connectivity index (χ2v) is 9.16. The lowest BCUT2D eigenvalue weighted by Crippen LogP contribution is -2.40. The zero-order valence-corrected chi connectivity index (χ0v) is 19.0. The number of carbonyl (C=O) groups is 1. The number of hydrogen-bond acceptors (Lipinski definition) is 6. The smallest absolute Gasteiger partial charge is 0.271 e. The molecule has 0 spiro atoms. The highest BCUT2D eigenvalue weighted by Crippen LogP contribution is 2.27. The molecule has 0 bridgehead atoms. The average molecular weight is 454 g/mol. The number of nitrogens with one attached hydrogen (secondary N) is 1. The van der Waals surface area contributed by atoms with Crippen LogP contribution in [0.25, 0.3) is 0 Å². The van der Waals surface area contributed by atoms with Gasteiger partial charge >= 0.3 is 0 Å². The Bertz CT molecular complexity index is 975. The van der Waals surface area contributed by atoms with Gasteiger partial charge in [0.15, 0.2) is 0 Å². The molecule has 0 radical (unpaired) electrons. The molecule has 2 heterocycles. The molecule has 8 heteroatoms. The Kier molecular flexibility index (Phi) is 7.11. The van der Waals surface area contributed by atoms with Gasteiger partial charge in [0.1, 0.15) is 23.3 Å². The van der Waals surface area contributed by atoms with Gasteiger partial charge in [-0.25, -0.2) is 9.97 Å². The number of amides is 1. The predicted octanol–water partition coefficient (Wildman–Crippen LogP) is 4.36. The number of halogens is 1. The zero-order chi connectivity index (χ0) is 22.5. The van der Waals surface area contributed by atoms with Crippen molar-refractivity contribution in [3.8, 4) is 11.8 Å². The van der Waals surface area contributed by atoms with E-state index in [2.05, 4.69) is 27.1 Å². The summed E-state index contributed by atoms with van der Waals surface area (Å²) in [7, 11) is 0. The van der Waals surface area contributed by atoms with E-state index in [1.807, 2.05) is 6.07 Å². The van der Waals surface area contributed by atoms with Gasteiger partial charge in [-0.3, -0.25) is 4.79 Å². The van der Waals surface area contributed by atoms with E-state index in [1.54, 1.807) is 30.6 Å². The molecule has 1 aliphatic heterocycles. The summed E-state index contributed by atoms with van der Waals surface area (Å²) >= 11 is 6.08. The number of carbonyl (C=O) groups excluding carboxylic acids is 1. The van der Waals surface area contributed by atoms with Crippen molar-refractivity contribution in [2.45, 2.75) is 57.6 Å². The second-order valence-electron chi connectivity index (χ2n) is 8.75. The van der Waals surface area contributed by atoms with Crippen LogP contribution < -0.4 is 15.0 Å². The molecule has 2 aromatic rings. The molecule has 1 aromatic carbocycles. The van der Waals surface area contributed by atoms with Crippen LogP contribution in [0.3, 0.4) is 0 Å². The van der Waals surface area contributed by atoms with E-state index < -0.39 is 0 Å². The van der Waals surface area contributed by atoms with Crippen LogP contribution in [0, 0.1) is 17.2 Å². The van der Waals surface area contributed by atoms with Crippen LogP contribution in [0.2, 0.25) is 5.02 Å². The van der Waals surface area contributed by atoms with Gasteiger partial charge in [-0.2, -0.15) is 5.26 Å². The highest BCUT2D eigenvalue weighted by molar-refractivity contribution is 6.31. The quantitative estimate of drug-likeness (QED) is 0.723. The maximum atomic E-state index is 12.6. The van der Waals surface area contributed by atoms with Crippen molar-refractivity contribution in [3.63, 3.8) is 0 Å². The van der Waals surface area contributed by atoms with Crippen LogP contribution >= 0.6 is 11.6 Å². The Hall–Kier alpha value is -2.85. The van der Waals surface area contributed by atoms with E-state index in [0.717, 1.165) is 63.4 Å². The molecule has 1 amide bonds. The molecule has 4 rings (SSSR count). The Balaban J connectivity index is 1.24. The first kappa shape index (κ1) is 22.3. The zero-order valence-electron chi connectivity index (χ0n) is 18.3. The maximum absolute atomic E-state index is 12.6. The van der Waals surface area contributed by atoms with Crippen molar-refractivity contribution >= 4 is 23.3 Å². The molecule has 1 aromatic heterocycles. The molecule has 168 valence electrons. The molecular weight excluding hydrogens is 426 g/mol. The van der Waals surface area contributed by atoms with Crippen molar-refractivity contribution in [3.05, 3.63) is 46.9 Å². The second kappa shape index (κ2) is 10.2. The number of piperidine rings is 1. The number of benzene rings is 1. The molecule has 2 fully saturated rings. The molecular formula is C24H28ClN5O2. The molecule has 0 atom stereocenters. The van der Waals surface area contributed by atoms with Gasteiger partial charge in [-0.1, -0.05) is 18.5 Å². The monoisotopic (exact) mass is 453 g/mol. The third kappa shape index (κ3) is 5.49. The average Bonchev–Trinajstić information content (AvgIpc) is 2.81. The van der Waals surface area contributed by atoms with E-state index in [1.165, 1.54) is 0 Å². The first-order chi connectivity index (χ1) is 15.5. The number of nitrogens with zero attached hydrogens (tertiary/aromatic N) is 4. The first-order valence-corrected chi connectivity index (χ1v) is 11.6. The van der Waals surface area contributed by atoms with E-state index >= 15 is 0 Å². The summed E-state index contributed by atoms with van der Waals surface area (Å²) in [4.78, 5) is 23.7.